The number of rotatable bonds is 9. The molecule has 9 heteroatoms. The molecule has 0 saturated heterocycles. The fourth-order valence-corrected chi connectivity index (χ4v) is 4.02. The monoisotopic (exact) mass is 463 g/mol. The maximum absolute atomic E-state index is 12.3. The Morgan fingerprint density at radius 2 is 1.71 bits per heavy atom. The van der Waals surface area contributed by atoms with Crippen molar-refractivity contribution < 1.29 is 28.8 Å². The van der Waals surface area contributed by atoms with Gasteiger partial charge in [0.1, 0.15) is 6.61 Å². The Balaban J connectivity index is 1.28. The van der Waals surface area contributed by atoms with Crippen LogP contribution in [-0.4, -0.2) is 41.4 Å². The van der Waals surface area contributed by atoms with E-state index in [9.17, 15) is 14.4 Å². The number of aromatic nitrogens is 1. The number of nitrogens with one attached hydrogen (secondary N) is 2. The number of carbonyl (C=O) groups excluding carboxylic acids is 2. The van der Waals surface area contributed by atoms with Crippen LogP contribution in [0.2, 0.25) is 0 Å². The molecule has 3 aromatic rings. The molecular weight excluding hydrogens is 438 g/mol. The van der Waals surface area contributed by atoms with Crippen molar-refractivity contribution in [2.45, 2.75) is 25.8 Å². The number of alkyl carbamates (subject to hydrolysis) is 1. The molecule has 9 nitrogen and oxygen atoms in total. The zero-order valence-corrected chi connectivity index (χ0v) is 18.6. The number of carboxylic acid groups (broad SMARTS) is 1. The number of carboxylic acids is 1. The highest BCUT2D eigenvalue weighted by atomic mass is 16.5. The molecule has 0 aliphatic heterocycles. The van der Waals surface area contributed by atoms with Crippen LogP contribution < -0.4 is 10.6 Å². The summed E-state index contributed by atoms with van der Waals surface area (Å²) in [4.78, 5) is 35.5. The number of amides is 2. The lowest BCUT2D eigenvalue weighted by Gasteiger charge is -2.14. The minimum absolute atomic E-state index is 0.00424. The summed E-state index contributed by atoms with van der Waals surface area (Å²) in [5.74, 6) is -1.97. The van der Waals surface area contributed by atoms with E-state index in [0.29, 0.717) is 6.42 Å². The average Bonchev–Trinajstić information content (AvgIpc) is 3.44. The van der Waals surface area contributed by atoms with E-state index in [1.54, 1.807) is 6.92 Å². The van der Waals surface area contributed by atoms with E-state index in [-0.39, 0.29) is 37.1 Å². The zero-order valence-electron chi connectivity index (χ0n) is 18.6. The smallest absolute Gasteiger partial charge is 0.407 e. The molecule has 1 atom stereocenters. The highest BCUT2D eigenvalue weighted by Gasteiger charge is 2.29. The van der Waals surface area contributed by atoms with E-state index in [1.807, 2.05) is 36.4 Å². The van der Waals surface area contributed by atoms with Gasteiger partial charge in [0.05, 0.1) is 12.5 Å². The van der Waals surface area contributed by atoms with Crippen molar-refractivity contribution in [1.29, 1.82) is 0 Å². The van der Waals surface area contributed by atoms with Gasteiger partial charge in [0, 0.05) is 18.5 Å². The zero-order chi connectivity index (χ0) is 24.1. The number of fused-ring (bicyclic) bond motifs is 3. The number of hydrogen-bond donors (Lipinski definition) is 3. The molecule has 1 unspecified atom stereocenters. The summed E-state index contributed by atoms with van der Waals surface area (Å²) in [6.07, 6.45) is -0.222. The second kappa shape index (κ2) is 10.2. The van der Waals surface area contributed by atoms with Gasteiger partial charge in [-0.25, -0.2) is 4.79 Å². The third-order valence-corrected chi connectivity index (χ3v) is 5.89. The molecule has 176 valence electrons. The second-order valence-electron chi connectivity index (χ2n) is 8.01. The number of carbonyl (C=O) groups is 3. The summed E-state index contributed by atoms with van der Waals surface area (Å²) in [6, 6.07) is 17.5. The summed E-state index contributed by atoms with van der Waals surface area (Å²) in [5.41, 5.74) is 4.54. The Hall–Kier alpha value is -4.14. The quantitative estimate of drug-likeness (QED) is 0.442. The Bertz CT molecular complexity index is 1160. The first kappa shape index (κ1) is 23.0. The molecule has 34 heavy (non-hydrogen) atoms. The van der Waals surface area contributed by atoms with Crippen LogP contribution in [0.1, 0.15) is 46.6 Å². The second-order valence-corrected chi connectivity index (χ2v) is 8.01. The molecule has 1 aromatic heterocycles. The average molecular weight is 463 g/mol. The van der Waals surface area contributed by atoms with E-state index < -0.39 is 23.9 Å². The van der Waals surface area contributed by atoms with E-state index in [0.717, 1.165) is 22.3 Å². The predicted octanol–water partition coefficient (Wildman–Crippen LogP) is 3.55. The van der Waals surface area contributed by atoms with Crippen LogP contribution in [0.5, 0.6) is 0 Å². The molecule has 4 rings (SSSR count). The highest BCUT2D eigenvalue weighted by molar-refractivity contribution is 5.92. The lowest BCUT2D eigenvalue weighted by molar-refractivity contribution is -0.141. The molecule has 0 radical (unpaired) electrons. The summed E-state index contributed by atoms with van der Waals surface area (Å²) < 4.78 is 10.6. The minimum atomic E-state index is -0.976. The van der Waals surface area contributed by atoms with E-state index >= 15 is 0 Å². The third-order valence-electron chi connectivity index (χ3n) is 5.89. The number of hydrogen-bond acceptors (Lipinski definition) is 6. The first-order valence-corrected chi connectivity index (χ1v) is 11.0. The first-order chi connectivity index (χ1) is 16.5. The van der Waals surface area contributed by atoms with Crippen LogP contribution in [-0.2, 0) is 16.1 Å². The predicted molar refractivity (Wildman–Crippen MR) is 122 cm³/mol. The molecule has 0 spiro atoms. The Morgan fingerprint density at radius 1 is 1.06 bits per heavy atom. The lowest BCUT2D eigenvalue weighted by atomic mass is 9.98. The van der Waals surface area contributed by atoms with Crippen LogP contribution in [0.4, 0.5) is 4.79 Å². The molecule has 1 aliphatic carbocycles. The number of benzene rings is 2. The van der Waals surface area contributed by atoms with Gasteiger partial charge in [-0.15, -0.1) is 0 Å². The Labute approximate surface area is 196 Å². The van der Waals surface area contributed by atoms with Crippen molar-refractivity contribution in [3.8, 4) is 11.1 Å². The van der Waals surface area contributed by atoms with Gasteiger partial charge in [-0.05, 0) is 28.7 Å². The fourth-order valence-electron chi connectivity index (χ4n) is 4.02. The molecule has 1 aliphatic rings. The van der Waals surface area contributed by atoms with Crippen molar-refractivity contribution >= 4 is 18.0 Å². The maximum Gasteiger partial charge on any atom is 0.407 e. The van der Waals surface area contributed by atoms with Gasteiger partial charge in [-0.3, -0.25) is 9.59 Å². The van der Waals surface area contributed by atoms with Gasteiger partial charge in [0.25, 0.3) is 5.91 Å². The van der Waals surface area contributed by atoms with Crippen molar-refractivity contribution in [2.75, 3.05) is 13.2 Å². The molecule has 2 aromatic carbocycles. The lowest BCUT2D eigenvalue weighted by Crippen LogP contribution is -2.32. The van der Waals surface area contributed by atoms with Crippen molar-refractivity contribution in [1.82, 2.24) is 15.8 Å². The summed E-state index contributed by atoms with van der Waals surface area (Å²) >= 11 is 0. The topological polar surface area (TPSA) is 131 Å². The molecular formula is C25H25N3O6. The first-order valence-electron chi connectivity index (χ1n) is 11.0. The van der Waals surface area contributed by atoms with Crippen LogP contribution >= 0.6 is 0 Å². The molecule has 2 amide bonds. The number of nitrogens with zero attached hydrogens (tertiary/aromatic N) is 1. The van der Waals surface area contributed by atoms with E-state index in [4.69, 9.17) is 14.4 Å². The van der Waals surface area contributed by atoms with Gasteiger partial charge < -0.3 is 25.0 Å². The van der Waals surface area contributed by atoms with Crippen molar-refractivity contribution in [3.05, 3.63) is 77.2 Å². The molecule has 0 saturated carbocycles. The summed E-state index contributed by atoms with van der Waals surface area (Å²) in [6.45, 7) is 1.90. The highest BCUT2D eigenvalue weighted by Crippen LogP contribution is 2.44. The Kier molecular flexibility index (Phi) is 6.91. The third kappa shape index (κ3) is 4.93. The van der Waals surface area contributed by atoms with Gasteiger partial charge >= 0.3 is 12.1 Å². The maximum atomic E-state index is 12.3. The Morgan fingerprint density at radius 3 is 2.32 bits per heavy atom. The minimum Gasteiger partial charge on any atom is -0.481 e. The van der Waals surface area contributed by atoms with Crippen molar-refractivity contribution in [3.63, 3.8) is 0 Å². The SMILES string of the molecule is CCC(CNC(=O)c1cc(CNC(=O)OCC2c3ccccc3-c3ccccc32)on1)C(=O)O. The van der Waals surface area contributed by atoms with Crippen molar-refractivity contribution in [2.24, 2.45) is 5.92 Å². The molecule has 0 bridgehead atoms. The summed E-state index contributed by atoms with van der Waals surface area (Å²) in [7, 11) is 0. The standard InChI is InChI=1S/C25H25N3O6/c1-2-15(24(30)31)12-26-23(29)22-11-16(34-28-22)13-27-25(32)33-14-21-19-9-5-3-7-17(19)18-8-4-6-10-20(18)21/h3-11,15,21H,2,12-14H2,1H3,(H,26,29)(H,27,32)(H,30,31). The van der Waals surface area contributed by atoms with E-state index in [2.05, 4.69) is 27.9 Å². The van der Waals surface area contributed by atoms with Gasteiger partial charge in [0.15, 0.2) is 11.5 Å². The normalized spacial score (nSPS) is 13.0. The number of ether oxygens (including phenoxy) is 1. The van der Waals surface area contributed by atoms with Crippen LogP contribution in [0, 0.1) is 5.92 Å². The van der Waals surface area contributed by atoms with Gasteiger partial charge in [-0.1, -0.05) is 60.6 Å². The van der Waals surface area contributed by atoms with Crippen LogP contribution in [0.25, 0.3) is 11.1 Å². The van der Waals surface area contributed by atoms with Gasteiger partial charge in [-0.2, -0.15) is 0 Å². The van der Waals surface area contributed by atoms with Crippen LogP contribution in [0.15, 0.2) is 59.1 Å². The van der Waals surface area contributed by atoms with Crippen LogP contribution in [0.3, 0.4) is 0 Å². The van der Waals surface area contributed by atoms with Gasteiger partial charge in [0.2, 0.25) is 0 Å². The summed E-state index contributed by atoms with van der Waals surface area (Å²) in [5, 5.41) is 17.8. The molecule has 3 N–H and O–H groups in total. The fraction of sp³-hybridized carbons (Fsp3) is 0.280. The molecule has 0 fully saturated rings. The molecule has 1 heterocycles. The number of aliphatic carboxylic acids is 1. The largest absolute Gasteiger partial charge is 0.481 e. The van der Waals surface area contributed by atoms with E-state index in [1.165, 1.54) is 6.07 Å².